The van der Waals surface area contributed by atoms with Gasteiger partial charge in [-0.05, 0) is 23.8 Å². The van der Waals surface area contributed by atoms with Crippen molar-refractivity contribution in [3.8, 4) is 0 Å². The van der Waals surface area contributed by atoms with E-state index < -0.39 is 28.1 Å². The lowest BCUT2D eigenvalue weighted by Crippen LogP contribution is -2.50. The van der Waals surface area contributed by atoms with Crippen molar-refractivity contribution in [2.45, 2.75) is 6.18 Å². The Labute approximate surface area is 175 Å². The van der Waals surface area contributed by atoms with Crippen LogP contribution >= 0.6 is 0 Å². The summed E-state index contributed by atoms with van der Waals surface area (Å²) in [5.41, 5.74) is -1.01. The molecular weight excluding hydrogens is 415 g/mol. The molecule has 0 aliphatic carbocycles. The van der Waals surface area contributed by atoms with Gasteiger partial charge in [0.2, 0.25) is 5.91 Å². The first-order valence-corrected chi connectivity index (χ1v) is 9.34. The summed E-state index contributed by atoms with van der Waals surface area (Å²) >= 11 is 0. The molecule has 2 aromatic rings. The summed E-state index contributed by atoms with van der Waals surface area (Å²) in [6, 6.07) is 10.4. The van der Waals surface area contributed by atoms with Gasteiger partial charge in [0.05, 0.1) is 16.1 Å². The van der Waals surface area contributed by atoms with Gasteiger partial charge in [0.25, 0.3) is 11.6 Å². The van der Waals surface area contributed by atoms with Crippen molar-refractivity contribution in [1.29, 1.82) is 0 Å². The number of halogens is 3. The minimum Gasteiger partial charge on any atom is -0.336 e. The Kier molecular flexibility index (Phi) is 6.38. The van der Waals surface area contributed by atoms with Gasteiger partial charge < -0.3 is 9.80 Å². The van der Waals surface area contributed by atoms with Crippen LogP contribution in [0.25, 0.3) is 6.08 Å². The van der Waals surface area contributed by atoms with Crippen molar-refractivity contribution >= 4 is 23.6 Å². The van der Waals surface area contributed by atoms with Crippen LogP contribution in [0.3, 0.4) is 0 Å². The summed E-state index contributed by atoms with van der Waals surface area (Å²) in [7, 11) is 0. The number of nitro benzene ring substituents is 1. The average Bonchev–Trinajstić information content (AvgIpc) is 2.76. The second kappa shape index (κ2) is 8.99. The fraction of sp³-hybridized carbons (Fsp3) is 0.238. The molecule has 0 saturated carbocycles. The number of nitrogens with zero attached hydrogens (tertiary/aromatic N) is 3. The minimum atomic E-state index is -4.64. The van der Waals surface area contributed by atoms with E-state index in [0.717, 1.165) is 12.1 Å². The summed E-state index contributed by atoms with van der Waals surface area (Å²) in [4.78, 5) is 38.0. The Morgan fingerprint density at radius 2 is 1.61 bits per heavy atom. The molecule has 3 rings (SSSR count). The van der Waals surface area contributed by atoms with Crippen LogP contribution in [-0.2, 0) is 11.0 Å². The van der Waals surface area contributed by atoms with Crippen LogP contribution in [-0.4, -0.2) is 52.7 Å². The molecular formula is C21H18F3N3O4. The molecule has 31 heavy (non-hydrogen) atoms. The number of hydrogen-bond donors (Lipinski definition) is 0. The molecule has 2 aromatic carbocycles. The maximum absolute atomic E-state index is 13.2. The third-order valence-corrected chi connectivity index (χ3v) is 4.84. The van der Waals surface area contributed by atoms with E-state index in [1.165, 1.54) is 52.3 Å². The van der Waals surface area contributed by atoms with Crippen LogP contribution in [0, 0.1) is 10.1 Å². The molecule has 0 unspecified atom stereocenters. The monoisotopic (exact) mass is 433 g/mol. The fourth-order valence-corrected chi connectivity index (χ4v) is 3.23. The first-order chi connectivity index (χ1) is 14.7. The molecule has 0 N–H and O–H groups in total. The maximum atomic E-state index is 13.2. The number of carbonyl (C=O) groups excluding carboxylic acids is 2. The van der Waals surface area contributed by atoms with Crippen LogP contribution < -0.4 is 0 Å². The number of alkyl halides is 3. The van der Waals surface area contributed by atoms with E-state index in [-0.39, 0.29) is 37.8 Å². The molecule has 1 saturated heterocycles. The van der Waals surface area contributed by atoms with E-state index in [4.69, 9.17) is 0 Å². The molecule has 0 bridgehead atoms. The van der Waals surface area contributed by atoms with Crippen LogP contribution in [0.5, 0.6) is 0 Å². The molecule has 1 fully saturated rings. The number of benzene rings is 2. The van der Waals surface area contributed by atoms with Crippen molar-refractivity contribution in [2.24, 2.45) is 0 Å². The van der Waals surface area contributed by atoms with E-state index in [1.807, 2.05) is 0 Å². The summed E-state index contributed by atoms with van der Waals surface area (Å²) in [6.45, 7) is 0.527. The number of non-ortho nitro benzene ring substituents is 1. The van der Waals surface area contributed by atoms with Gasteiger partial charge >= 0.3 is 6.18 Å². The van der Waals surface area contributed by atoms with Gasteiger partial charge in [-0.15, -0.1) is 0 Å². The standard InChI is InChI=1S/C21H18F3N3O4/c22-21(23,24)18-7-2-1-6-17(18)20(29)26-12-10-25(11-13-26)19(28)9-8-15-4-3-5-16(14-15)27(30)31/h1-9,14H,10-13H2/b9-8+. The molecule has 1 aliphatic heterocycles. The van der Waals surface area contributed by atoms with E-state index in [9.17, 15) is 32.9 Å². The van der Waals surface area contributed by atoms with Crippen LogP contribution in [0.2, 0.25) is 0 Å². The fourth-order valence-electron chi connectivity index (χ4n) is 3.23. The zero-order chi connectivity index (χ0) is 22.6. The topological polar surface area (TPSA) is 83.8 Å². The largest absolute Gasteiger partial charge is 0.417 e. The number of hydrogen-bond acceptors (Lipinski definition) is 4. The zero-order valence-corrected chi connectivity index (χ0v) is 16.2. The highest BCUT2D eigenvalue weighted by Gasteiger charge is 2.36. The lowest BCUT2D eigenvalue weighted by Gasteiger charge is -2.34. The number of rotatable bonds is 4. The maximum Gasteiger partial charge on any atom is 0.417 e. The Hall–Kier alpha value is -3.69. The van der Waals surface area contributed by atoms with Gasteiger partial charge in [-0.25, -0.2) is 0 Å². The third-order valence-electron chi connectivity index (χ3n) is 4.84. The highest BCUT2D eigenvalue weighted by molar-refractivity contribution is 5.96. The molecule has 1 heterocycles. The Bertz CT molecular complexity index is 1030. The molecule has 0 aromatic heterocycles. The summed E-state index contributed by atoms with van der Waals surface area (Å²) < 4.78 is 39.5. The number of carbonyl (C=O) groups is 2. The van der Waals surface area contributed by atoms with Crippen LogP contribution in [0.1, 0.15) is 21.5 Å². The van der Waals surface area contributed by atoms with E-state index in [1.54, 1.807) is 6.07 Å². The summed E-state index contributed by atoms with van der Waals surface area (Å²) in [5, 5.41) is 10.8. The highest BCUT2D eigenvalue weighted by Crippen LogP contribution is 2.32. The van der Waals surface area contributed by atoms with Gasteiger partial charge in [-0.2, -0.15) is 13.2 Å². The van der Waals surface area contributed by atoms with Gasteiger partial charge in [0, 0.05) is 44.4 Å². The minimum absolute atomic E-state index is 0.0964. The Morgan fingerprint density at radius 1 is 0.968 bits per heavy atom. The van der Waals surface area contributed by atoms with E-state index >= 15 is 0 Å². The highest BCUT2D eigenvalue weighted by atomic mass is 19.4. The Balaban J connectivity index is 1.62. The van der Waals surface area contributed by atoms with Crippen molar-refractivity contribution in [1.82, 2.24) is 9.80 Å². The quantitative estimate of drug-likeness (QED) is 0.419. The third kappa shape index (κ3) is 5.27. The second-order valence-corrected chi connectivity index (χ2v) is 6.85. The van der Waals surface area contributed by atoms with Gasteiger partial charge in [0.15, 0.2) is 0 Å². The van der Waals surface area contributed by atoms with Crippen molar-refractivity contribution in [2.75, 3.05) is 26.2 Å². The van der Waals surface area contributed by atoms with Gasteiger partial charge in [-0.3, -0.25) is 19.7 Å². The molecule has 2 amide bonds. The number of amides is 2. The Morgan fingerprint density at radius 3 is 2.26 bits per heavy atom. The molecule has 1 aliphatic rings. The lowest BCUT2D eigenvalue weighted by atomic mass is 10.1. The SMILES string of the molecule is O=C(/C=C/c1cccc([N+](=O)[O-])c1)N1CCN(C(=O)c2ccccc2C(F)(F)F)CC1. The van der Waals surface area contributed by atoms with Crippen LogP contribution in [0.4, 0.5) is 18.9 Å². The summed E-state index contributed by atoms with van der Waals surface area (Å²) in [5.74, 6) is -1.08. The van der Waals surface area contributed by atoms with Crippen LogP contribution in [0.15, 0.2) is 54.6 Å². The molecule has 10 heteroatoms. The van der Waals surface area contributed by atoms with Crippen molar-refractivity contribution in [3.63, 3.8) is 0 Å². The normalized spacial score (nSPS) is 14.7. The second-order valence-electron chi connectivity index (χ2n) is 6.85. The first kappa shape index (κ1) is 22.0. The lowest BCUT2D eigenvalue weighted by molar-refractivity contribution is -0.384. The van der Waals surface area contributed by atoms with Crippen molar-refractivity contribution in [3.05, 3.63) is 81.4 Å². The van der Waals surface area contributed by atoms with Gasteiger partial charge in [0.1, 0.15) is 0 Å². The van der Waals surface area contributed by atoms with Gasteiger partial charge in [-0.1, -0.05) is 24.3 Å². The molecule has 0 spiro atoms. The number of nitro groups is 1. The summed E-state index contributed by atoms with van der Waals surface area (Å²) in [6.07, 6.45) is -1.91. The smallest absolute Gasteiger partial charge is 0.336 e. The zero-order valence-electron chi connectivity index (χ0n) is 16.2. The first-order valence-electron chi connectivity index (χ1n) is 9.34. The van der Waals surface area contributed by atoms with E-state index in [2.05, 4.69) is 0 Å². The molecule has 0 radical (unpaired) electrons. The average molecular weight is 433 g/mol. The number of piperazine rings is 1. The van der Waals surface area contributed by atoms with E-state index in [0.29, 0.717) is 5.56 Å². The molecule has 0 atom stereocenters. The predicted octanol–water partition coefficient (Wildman–Crippen LogP) is 3.61. The molecule has 162 valence electrons. The molecule has 7 nitrogen and oxygen atoms in total. The predicted molar refractivity (Wildman–Crippen MR) is 106 cm³/mol. The van der Waals surface area contributed by atoms with Crippen molar-refractivity contribution < 1.29 is 27.7 Å².